The fourth-order valence-electron chi connectivity index (χ4n) is 2.85. The van der Waals surface area contributed by atoms with Crippen molar-refractivity contribution in [3.63, 3.8) is 0 Å². The molecule has 1 rings (SSSR count). The quantitative estimate of drug-likeness (QED) is 0.139. The minimum atomic E-state index is -0.455. The number of nitrogens with zero attached hydrogens (tertiary/aromatic N) is 1. The molecule has 0 N–H and O–H groups in total. The molecule has 0 fully saturated rings. The van der Waals surface area contributed by atoms with Crippen molar-refractivity contribution in [3.05, 3.63) is 34.4 Å². The molecule has 0 saturated carbocycles. The zero-order valence-corrected chi connectivity index (χ0v) is 17.6. The Hall–Kier alpha value is -2.15. The van der Waals surface area contributed by atoms with Crippen LogP contribution in [0.4, 0.5) is 5.69 Å². The smallest absolute Gasteiger partial charge is 0.305 e. The molecule has 0 saturated heterocycles. The zero-order valence-electron chi connectivity index (χ0n) is 17.6. The highest BCUT2D eigenvalue weighted by Crippen LogP contribution is 2.17. The molecule has 0 aliphatic rings. The molecule has 7 heteroatoms. The fraction of sp³-hybridized carbons (Fsp3) is 0.682. The predicted octanol–water partition coefficient (Wildman–Crippen LogP) is 5.45. The summed E-state index contributed by atoms with van der Waals surface area (Å²) in [6, 6.07) is 5.88. The summed E-state index contributed by atoms with van der Waals surface area (Å²) in [6.07, 6.45) is 11.5. The van der Waals surface area contributed by atoms with E-state index in [4.69, 9.17) is 14.2 Å². The highest BCUT2D eigenvalue weighted by atomic mass is 16.6. The van der Waals surface area contributed by atoms with Gasteiger partial charge >= 0.3 is 5.97 Å². The van der Waals surface area contributed by atoms with Gasteiger partial charge in [0.05, 0.1) is 18.1 Å². The monoisotopic (exact) mass is 409 g/mol. The lowest BCUT2D eigenvalue weighted by Gasteiger charge is -2.08. The topological polar surface area (TPSA) is 87.9 Å². The van der Waals surface area contributed by atoms with Crippen molar-refractivity contribution >= 4 is 11.7 Å². The molecule has 164 valence electrons. The summed E-state index contributed by atoms with van der Waals surface area (Å²) in [5, 5.41) is 10.6. The molecule has 0 unspecified atom stereocenters. The Balaban J connectivity index is 1.88. The lowest BCUT2D eigenvalue weighted by Crippen LogP contribution is -2.13. The second kappa shape index (κ2) is 16.8. The summed E-state index contributed by atoms with van der Waals surface area (Å²) in [5.74, 6) is 0.380. The van der Waals surface area contributed by atoms with Crippen LogP contribution >= 0.6 is 0 Å². The van der Waals surface area contributed by atoms with Gasteiger partial charge in [-0.3, -0.25) is 14.9 Å². The fourth-order valence-corrected chi connectivity index (χ4v) is 2.85. The van der Waals surface area contributed by atoms with Crippen molar-refractivity contribution < 1.29 is 23.9 Å². The first-order chi connectivity index (χ1) is 14.1. The minimum absolute atomic E-state index is 0.0258. The molecule has 1 aromatic rings. The first-order valence-electron chi connectivity index (χ1n) is 10.7. The van der Waals surface area contributed by atoms with Gasteiger partial charge in [-0.15, -0.1) is 0 Å². The molecule has 0 heterocycles. The lowest BCUT2D eigenvalue weighted by molar-refractivity contribution is -0.384. The molecular weight excluding hydrogens is 374 g/mol. The van der Waals surface area contributed by atoms with Gasteiger partial charge in [0.25, 0.3) is 5.69 Å². The van der Waals surface area contributed by atoms with E-state index < -0.39 is 4.92 Å². The summed E-state index contributed by atoms with van der Waals surface area (Å²) < 4.78 is 15.9. The Bertz CT molecular complexity index is 561. The van der Waals surface area contributed by atoms with Gasteiger partial charge in [0.1, 0.15) is 19.0 Å². The molecule has 0 bridgehead atoms. The summed E-state index contributed by atoms with van der Waals surface area (Å²) in [5.41, 5.74) is 0.0258. The van der Waals surface area contributed by atoms with E-state index in [2.05, 4.69) is 6.92 Å². The highest BCUT2D eigenvalue weighted by Gasteiger charge is 2.05. The molecule has 0 radical (unpaired) electrons. The Morgan fingerprint density at radius 1 is 0.862 bits per heavy atom. The molecule has 29 heavy (non-hydrogen) atoms. The van der Waals surface area contributed by atoms with Gasteiger partial charge < -0.3 is 14.2 Å². The van der Waals surface area contributed by atoms with Crippen molar-refractivity contribution in [3.8, 4) is 5.75 Å². The number of carbonyl (C=O) groups excluding carboxylic acids is 1. The number of carbonyl (C=O) groups is 1. The van der Waals surface area contributed by atoms with Gasteiger partial charge in [0, 0.05) is 18.6 Å². The van der Waals surface area contributed by atoms with E-state index in [0.29, 0.717) is 32.0 Å². The van der Waals surface area contributed by atoms with Gasteiger partial charge in [-0.05, 0) is 18.6 Å². The van der Waals surface area contributed by atoms with Crippen LogP contribution in [0.3, 0.4) is 0 Å². The lowest BCUT2D eigenvalue weighted by atomic mass is 10.1. The maximum absolute atomic E-state index is 11.6. The molecule has 1 aromatic carbocycles. The van der Waals surface area contributed by atoms with Gasteiger partial charge in [-0.25, -0.2) is 0 Å². The van der Waals surface area contributed by atoms with Crippen molar-refractivity contribution in [1.29, 1.82) is 0 Å². The third-order valence-corrected chi connectivity index (χ3v) is 4.52. The van der Waals surface area contributed by atoms with Crippen LogP contribution in [0.1, 0.15) is 71.1 Å². The number of unbranched alkanes of at least 4 members (excludes halogenated alkanes) is 8. The number of hydrogen-bond acceptors (Lipinski definition) is 6. The predicted molar refractivity (Wildman–Crippen MR) is 112 cm³/mol. The van der Waals surface area contributed by atoms with Crippen molar-refractivity contribution in [2.75, 3.05) is 26.4 Å². The number of benzene rings is 1. The molecule has 0 atom stereocenters. The number of ether oxygens (including phenoxy) is 3. The molecule has 0 aliphatic carbocycles. The van der Waals surface area contributed by atoms with E-state index in [1.54, 1.807) is 12.1 Å². The molecule has 7 nitrogen and oxygen atoms in total. The third kappa shape index (κ3) is 13.6. The number of hydrogen-bond donors (Lipinski definition) is 0. The maximum atomic E-state index is 11.6. The average molecular weight is 410 g/mol. The van der Waals surface area contributed by atoms with Crippen LogP contribution < -0.4 is 4.74 Å². The summed E-state index contributed by atoms with van der Waals surface area (Å²) in [6.45, 7) is 3.47. The Morgan fingerprint density at radius 2 is 1.45 bits per heavy atom. The van der Waals surface area contributed by atoms with Gasteiger partial charge in [0.2, 0.25) is 0 Å². The molecule has 0 aliphatic heterocycles. The number of rotatable bonds is 18. The molecule has 0 aromatic heterocycles. The SMILES string of the molecule is CCCCCCCCCCCC(=O)OCCOCCOc1ccc([N+](=O)[O-])cc1. The van der Waals surface area contributed by atoms with Crippen LogP contribution in [0.5, 0.6) is 5.75 Å². The Labute approximate surface area is 173 Å². The normalized spacial score (nSPS) is 10.7. The van der Waals surface area contributed by atoms with Crippen molar-refractivity contribution in [2.45, 2.75) is 71.1 Å². The summed E-state index contributed by atoms with van der Waals surface area (Å²) in [4.78, 5) is 21.8. The van der Waals surface area contributed by atoms with E-state index in [1.165, 1.54) is 57.1 Å². The van der Waals surface area contributed by atoms with E-state index >= 15 is 0 Å². The Morgan fingerprint density at radius 3 is 2.07 bits per heavy atom. The van der Waals surface area contributed by atoms with Crippen LogP contribution in [0.25, 0.3) is 0 Å². The summed E-state index contributed by atoms with van der Waals surface area (Å²) in [7, 11) is 0. The van der Waals surface area contributed by atoms with E-state index in [0.717, 1.165) is 12.8 Å². The van der Waals surface area contributed by atoms with Gasteiger partial charge in [0.15, 0.2) is 0 Å². The standard InChI is InChI=1S/C22H35NO6/c1-2-3-4-5-6-7-8-9-10-11-22(24)29-19-17-27-16-18-28-21-14-12-20(13-15-21)23(25)26/h12-15H,2-11,16-19H2,1H3. The molecule has 0 spiro atoms. The number of nitro benzene ring substituents is 1. The largest absolute Gasteiger partial charge is 0.491 e. The second-order valence-corrected chi connectivity index (χ2v) is 7.01. The van der Waals surface area contributed by atoms with Crippen LogP contribution in [-0.4, -0.2) is 37.3 Å². The van der Waals surface area contributed by atoms with Crippen molar-refractivity contribution in [1.82, 2.24) is 0 Å². The number of esters is 1. The van der Waals surface area contributed by atoms with Gasteiger partial charge in [-0.1, -0.05) is 58.3 Å². The first-order valence-corrected chi connectivity index (χ1v) is 10.7. The van der Waals surface area contributed by atoms with Crippen molar-refractivity contribution in [2.24, 2.45) is 0 Å². The van der Waals surface area contributed by atoms with E-state index in [9.17, 15) is 14.9 Å². The van der Waals surface area contributed by atoms with Crippen LogP contribution in [0.15, 0.2) is 24.3 Å². The average Bonchev–Trinajstić information content (AvgIpc) is 2.72. The minimum Gasteiger partial charge on any atom is -0.491 e. The second-order valence-electron chi connectivity index (χ2n) is 7.01. The number of nitro groups is 1. The van der Waals surface area contributed by atoms with E-state index in [-0.39, 0.29) is 18.3 Å². The summed E-state index contributed by atoms with van der Waals surface area (Å²) >= 11 is 0. The van der Waals surface area contributed by atoms with Gasteiger partial charge in [-0.2, -0.15) is 0 Å². The molecule has 0 amide bonds. The first kappa shape index (κ1) is 24.9. The third-order valence-electron chi connectivity index (χ3n) is 4.52. The Kier molecular flexibility index (Phi) is 14.4. The highest BCUT2D eigenvalue weighted by molar-refractivity contribution is 5.69. The maximum Gasteiger partial charge on any atom is 0.305 e. The zero-order chi connectivity index (χ0) is 21.2. The van der Waals surface area contributed by atoms with Crippen LogP contribution in [0, 0.1) is 10.1 Å². The number of non-ortho nitro benzene ring substituents is 1. The van der Waals surface area contributed by atoms with E-state index in [1.807, 2.05) is 0 Å². The van der Waals surface area contributed by atoms with Crippen LogP contribution in [-0.2, 0) is 14.3 Å². The van der Waals surface area contributed by atoms with Crippen LogP contribution in [0.2, 0.25) is 0 Å². The molecular formula is C22H35NO6.